The van der Waals surface area contributed by atoms with Crippen molar-refractivity contribution in [2.24, 2.45) is 5.92 Å². The van der Waals surface area contributed by atoms with Gasteiger partial charge in [-0.2, -0.15) is 5.10 Å². The first-order valence-corrected chi connectivity index (χ1v) is 7.40. The Morgan fingerprint density at radius 3 is 2.83 bits per heavy atom. The van der Waals surface area contributed by atoms with Crippen LogP contribution in [0.3, 0.4) is 0 Å². The van der Waals surface area contributed by atoms with E-state index in [1.807, 2.05) is 0 Å². The number of rotatable bonds is 4. The summed E-state index contributed by atoms with van der Waals surface area (Å²) in [4.78, 5) is 12.4. The molecule has 2 fully saturated rings. The minimum absolute atomic E-state index is 0.00407. The SMILES string of the molecule is CC1(Nc2c(Br)cnn(CC3CCC3)c2=O)CC1. The van der Waals surface area contributed by atoms with Crippen LogP contribution in [0.2, 0.25) is 0 Å². The Balaban J connectivity index is 1.86. The van der Waals surface area contributed by atoms with E-state index >= 15 is 0 Å². The molecule has 0 amide bonds. The molecule has 1 aromatic heterocycles. The average Bonchev–Trinajstić information content (AvgIpc) is 2.99. The predicted octanol–water partition coefficient (Wildman–Crippen LogP) is 2.77. The lowest BCUT2D eigenvalue weighted by Gasteiger charge is -2.25. The fourth-order valence-corrected chi connectivity index (χ4v) is 2.61. The van der Waals surface area contributed by atoms with E-state index in [0.717, 1.165) is 23.9 Å². The Bertz CT molecular complexity index is 517. The van der Waals surface area contributed by atoms with Gasteiger partial charge in [0, 0.05) is 12.1 Å². The smallest absolute Gasteiger partial charge is 0.291 e. The molecule has 2 aliphatic rings. The average molecular weight is 312 g/mol. The summed E-state index contributed by atoms with van der Waals surface area (Å²) in [7, 11) is 0. The Hall–Kier alpha value is -0.840. The number of nitrogens with zero attached hydrogens (tertiary/aromatic N) is 2. The normalized spacial score (nSPS) is 21.4. The van der Waals surface area contributed by atoms with Crippen LogP contribution in [0.15, 0.2) is 15.5 Å². The van der Waals surface area contributed by atoms with Gasteiger partial charge in [0.15, 0.2) is 0 Å². The van der Waals surface area contributed by atoms with Crippen LogP contribution in [-0.4, -0.2) is 15.3 Å². The highest BCUT2D eigenvalue weighted by Gasteiger charge is 2.38. The number of halogens is 1. The maximum atomic E-state index is 12.4. The predicted molar refractivity (Wildman–Crippen MR) is 74.8 cm³/mol. The summed E-state index contributed by atoms with van der Waals surface area (Å²) in [5.74, 6) is 0.640. The lowest BCUT2D eigenvalue weighted by molar-refractivity contribution is 0.262. The molecule has 0 aliphatic heterocycles. The third-order valence-corrected chi connectivity index (χ3v) is 4.68. The second kappa shape index (κ2) is 4.37. The summed E-state index contributed by atoms with van der Waals surface area (Å²) >= 11 is 3.42. The maximum Gasteiger partial charge on any atom is 0.291 e. The molecule has 18 heavy (non-hydrogen) atoms. The van der Waals surface area contributed by atoms with Gasteiger partial charge in [-0.15, -0.1) is 0 Å². The first kappa shape index (κ1) is 12.2. The first-order valence-electron chi connectivity index (χ1n) is 6.61. The molecule has 1 N–H and O–H groups in total. The van der Waals surface area contributed by atoms with Gasteiger partial charge in [-0.05, 0) is 54.5 Å². The Kier molecular flexibility index (Phi) is 2.96. The molecule has 1 aromatic rings. The van der Waals surface area contributed by atoms with Gasteiger partial charge in [0.2, 0.25) is 0 Å². The van der Waals surface area contributed by atoms with Gasteiger partial charge in [0.1, 0.15) is 5.69 Å². The van der Waals surface area contributed by atoms with E-state index in [1.54, 1.807) is 10.9 Å². The number of hydrogen-bond acceptors (Lipinski definition) is 3. The molecule has 0 saturated heterocycles. The standard InChI is InChI=1S/C13H18BrN3O/c1-13(5-6-13)16-11-10(14)7-15-17(12(11)18)8-9-3-2-4-9/h7,9,16H,2-6,8H2,1H3. The molecule has 2 aliphatic carbocycles. The molecule has 2 saturated carbocycles. The van der Waals surface area contributed by atoms with E-state index in [9.17, 15) is 4.79 Å². The van der Waals surface area contributed by atoms with Crippen molar-refractivity contribution in [1.29, 1.82) is 0 Å². The van der Waals surface area contributed by atoms with Gasteiger partial charge >= 0.3 is 0 Å². The molecular weight excluding hydrogens is 294 g/mol. The molecule has 98 valence electrons. The molecule has 0 aromatic carbocycles. The van der Waals surface area contributed by atoms with Gasteiger partial charge in [-0.25, -0.2) is 4.68 Å². The zero-order valence-electron chi connectivity index (χ0n) is 10.6. The Morgan fingerprint density at radius 1 is 1.56 bits per heavy atom. The van der Waals surface area contributed by atoms with E-state index < -0.39 is 0 Å². The van der Waals surface area contributed by atoms with Gasteiger partial charge in [-0.1, -0.05) is 6.42 Å². The van der Waals surface area contributed by atoms with Gasteiger partial charge in [0.05, 0.1) is 10.7 Å². The van der Waals surface area contributed by atoms with Gasteiger partial charge in [0.25, 0.3) is 5.56 Å². The van der Waals surface area contributed by atoms with Crippen LogP contribution in [0, 0.1) is 5.92 Å². The number of anilines is 1. The first-order chi connectivity index (χ1) is 8.57. The third kappa shape index (κ3) is 2.32. The van der Waals surface area contributed by atoms with Crippen LogP contribution in [0.4, 0.5) is 5.69 Å². The highest BCUT2D eigenvalue weighted by molar-refractivity contribution is 9.10. The van der Waals surface area contributed by atoms with Gasteiger partial charge < -0.3 is 5.32 Å². The minimum atomic E-state index is 0.00407. The molecule has 0 bridgehead atoms. The van der Waals surface area contributed by atoms with E-state index in [-0.39, 0.29) is 11.1 Å². The van der Waals surface area contributed by atoms with Crippen LogP contribution >= 0.6 is 15.9 Å². The van der Waals surface area contributed by atoms with Crippen molar-refractivity contribution in [2.45, 2.75) is 51.1 Å². The highest BCUT2D eigenvalue weighted by Crippen LogP contribution is 2.38. The summed E-state index contributed by atoms with van der Waals surface area (Å²) in [6.07, 6.45) is 7.73. The molecule has 0 radical (unpaired) electrons. The van der Waals surface area contributed by atoms with Gasteiger partial charge in [-0.3, -0.25) is 4.79 Å². The minimum Gasteiger partial charge on any atom is -0.374 e. The van der Waals surface area contributed by atoms with Crippen LogP contribution in [0.5, 0.6) is 0 Å². The second-order valence-electron chi connectivity index (χ2n) is 5.84. The van der Waals surface area contributed by atoms with Crippen molar-refractivity contribution in [1.82, 2.24) is 9.78 Å². The molecule has 1 heterocycles. The highest BCUT2D eigenvalue weighted by atomic mass is 79.9. The third-order valence-electron chi connectivity index (χ3n) is 4.08. The summed E-state index contributed by atoms with van der Waals surface area (Å²) in [6, 6.07) is 0. The monoisotopic (exact) mass is 311 g/mol. The lowest BCUT2D eigenvalue weighted by Crippen LogP contribution is -2.32. The van der Waals surface area contributed by atoms with Crippen LogP contribution in [0.1, 0.15) is 39.0 Å². The summed E-state index contributed by atoms with van der Waals surface area (Å²) < 4.78 is 2.38. The molecule has 0 spiro atoms. The van der Waals surface area contributed by atoms with Crippen LogP contribution in [-0.2, 0) is 6.54 Å². The second-order valence-corrected chi connectivity index (χ2v) is 6.69. The van der Waals surface area contributed by atoms with Crippen molar-refractivity contribution in [3.05, 3.63) is 21.0 Å². The van der Waals surface area contributed by atoms with E-state index in [2.05, 4.69) is 33.3 Å². The van der Waals surface area contributed by atoms with E-state index in [0.29, 0.717) is 11.6 Å². The van der Waals surface area contributed by atoms with Crippen molar-refractivity contribution in [3.8, 4) is 0 Å². The number of aromatic nitrogens is 2. The van der Waals surface area contributed by atoms with Crippen molar-refractivity contribution in [2.75, 3.05) is 5.32 Å². The van der Waals surface area contributed by atoms with E-state index in [1.165, 1.54) is 19.3 Å². The Labute approximate surface area is 115 Å². The zero-order valence-corrected chi connectivity index (χ0v) is 12.2. The molecule has 5 heteroatoms. The quantitative estimate of drug-likeness (QED) is 0.930. The van der Waals surface area contributed by atoms with Crippen LogP contribution < -0.4 is 10.9 Å². The lowest BCUT2D eigenvalue weighted by atomic mass is 9.85. The fraction of sp³-hybridized carbons (Fsp3) is 0.692. The maximum absolute atomic E-state index is 12.4. The van der Waals surface area contributed by atoms with Crippen molar-refractivity contribution < 1.29 is 0 Å². The molecule has 4 nitrogen and oxygen atoms in total. The van der Waals surface area contributed by atoms with Crippen molar-refractivity contribution in [3.63, 3.8) is 0 Å². The molecular formula is C13H18BrN3O. The summed E-state index contributed by atoms with van der Waals surface area (Å²) in [5.41, 5.74) is 0.783. The largest absolute Gasteiger partial charge is 0.374 e. The molecule has 0 atom stereocenters. The fourth-order valence-electron chi connectivity index (χ4n) is 2.25. The molecule has 3 rings (SSSR count). The molecule has 0 unspecified atom stereocenters. The van der Waals surface area contributed by atoms with Crippen LogP contribution in [0.25, 0.3) is 0 Å². The zero-order chi connectivity index (χ0) is 12.8. The summed E-state index contributed by atoms with van der Waals surface area (Å²) in [6.45, 7) is 2.91. The number of hydrogen-bond donors (Lipinski definition) is 1. The van der Waals surface area contributed by atoms with Crippen molar-refractivity contribution >= 4 is 21.6 Å². The van der Waals surface area contributed by atoms with E-state index in [4.69, 9.17) is 0 Å². The number of nitrogens with one attached hydrogen (secondary N) is 1. The Morgan fingerprint density at radius 2 is 2.28 bits per heavy atom. The topological polar surface area (TPSA) is 46.9 Å². The summed E-state index contributed by atoms with van der Waals surface area (Å²) in [5, 5.41) is 7.59.